The van der Waals surface area contributed by atoms with E-state index in [1.807, 2.05) is 0 Å². The topological polar surface area (TPSA) is 78.9 Å². The molecule has 6 nitrogen and oxygen atoms in total. The van der Waals surface area contributed by atoms with Crippen LogP contribution in [0.15, 0.2) is 12.2 Å². The first-order chi connectivity index (χ1) is 28.5. The summed E-state index contributed by atoms with van der Waals surface area (Å²) in [5.74, 6) is -0.864. The summed E-state index contributed by atoms with van der Waals surface area (Å²) in [5.41, 5.74) is 0. The average Bonchev–Trinajstić information content (AvgIpc) is 3.22. The molecular weight excluding hydrogens is 721 g/mol. The Kier molecular flexibility index (Phi) is 46.3. The summed E-state index contributed by atoms with van der Waals surface area (Å²) in [6, 6.07) is 0. The van der Waals surface area contributed by atoms with E-state index in [0.717, 1.165) is 64.2 Å². The Bertz CT molecular complexity index is 900. The third kappa shape index (κ3) is 45.2. The van der Waals surface area contributed by atoms with Crippen LogP contribution in [0.3, 0.4) is 0 Å². The summed E-state index contributed by atoms with van der Waals surface area (Å²) >= 11 is 0. The van der Waals surface area contributed by atoms with Crippen molar-refractivity contribution in [1.82, 2.24) is 0 Å². The van der Waals surface area contributed by atoms with Crippen LogP contribution in [0.4, 0.5) is 0 Å². The third-order valence-electron chi connectivity index (χ3n) is 11.5. The number of hydrogen-bond donors (Lipinski definition) is 0. The maximum absolute atomic E-state index is 12.7. The van der Waals surface area contributed by atoms with Gasteiger partial charge in [0, 0.05) is 19.3 Å². The Morgan fingerprint density at radius 3 is 0.914 bits per heavy atom. The Morgan fingerprint density at radius 2 is 0.586 bits per heavy atom. The van der Waals surface area contributed by atoms with Gasteiger partial charge in [0.1, 0.15) is 13.2 Å². The van der Waals surface area contributed by atoms with Crippen molar-refractivity contribution in [3.8, 4) is 0 Å². The highest BCUT2D eigenvalue weighted by Crippen LogP contribution is 2.16. The van der Waals surface area contributed by atoms with Crippen LogP contribution in [0.25, 0.3) is 0 Å². The number of ether oxygens (including phenoxy) is 3. The third-order valence-corrected chi connectivity index (χ3v) is 11.5. The molecule has 0 saturated carbocycles. The first kappa shape index (κ1) is 56.1. The number of hydrogen-bond acceptors (Lipinski definition) is 6. The SMILES string of the molecule is CCCC/C=C\CCCCCCCC(=O)O[C@H](COC(=O)CCCCCCCCCCCCC)COC(=O)CCCCCCCCCCCCCCCCCCCC. The van der Waals surface area contributed by atoms with Gasteiger partial charge in [-0.1, -0.05) is 238 Å². The van der Waals surface area contributed by atoms with Crippen molar-refractivity contribution in [2.75, 3.05) is 13.2 Å². The summed E-state index contributed by atoms with van der Waals surface area (Å²) in [7, 11) is 0. The molecule has 0 heterocycles. The van der Waals surface area contributed by atoms with Crippen LogP contribution in [-0.4, -0.2) is 37.2 Å². The molecule has 342 valence electrons. The number of allylic oxidation sites excluding steroid dienone is 2. The molecular formula is C52H98O6. The summed E-state index contributed by atoms with van der Waals surface area (Å²) in [6.07, 6.45) is 52.0. The molecule has 0 aromatic heterocycles. The fourth-order valence-electron chi connectivity index (χ4n) is 7.60. The number of unbranched alkanes of at least 4 members (excludes halogenated alkanes) is 34. The molecule has 0 aliphatic carbocycles. The van der Waals surface area contributed by atoms with Crippen molar-refractivity contribution in [3.63, 3.8) is 0 Å². The fourth-order valence-corrected chi connectivity index (χ4v) is 7.60. The highest BCUT2D eigenvalue weighted by atomic mass is 16.6. The smallest absolute Gasteiger partial charge is 0.306 e. The average molecular weight is 819 g/mol. The lowest BCUT2D eigenvalue weighted by Gasteiger charge is -2.18. The standard InChI is InChI=1S/C52H98O6/c1-4-7-10-13-16-19-22-23-24-25-26-27-28-31-33-36-39-42-45-51(54)57-48-49(58-52(55)46-43-40-37-34-30-21-18-15-12-9-6-3)47-56-50(53)44-41-38-35-32-29-20-17-14-11-8-5-2/h15,18,49H,4-14,16-17,19-48H2,1-3H3/b18-15-/t49-/m1/s1. The predicted octanol–water partition coefficient (Wildman–Crippen LogP) is 16.6. The largest absolute Gasteiger partial charge is 0.462 e. The summed E-state index contributed by atoms with van der Waals surface area (Å²) in [4.78, 5) is 37.8. The van der Waals surface area contributed by atoms with Gasteiger partial charge in [-0.05, 0) is 38.5 Å². The lowest BCUT2D eigenvalue weighted by molar-refractivity contribution is -0.167. The van der Waals surface area contributed by atoms with Crippen molar-refractivity contribution in [1.29, 1.82) is 0 Å². The van der Waals surface area contributed by atoms with E-state index >= 15 is 0 Å². The van der Waals surface area contributed by atoms with Gasteiger partial charge in [0.25, 0.3) is 0 Å². The minimum Gasteiger partial charge on any atom is -0.462 e. The Balaban J connectivity index is 4.25. The normalized spacial score (nSPS) is 12.0. The zero-order chi connectivity index (χ0) is 42.3. The lowest BCUT2D eigenvalue weighted by Crippen LogP contribution is -2.30. The van der Waals surface area contributed by atoms with Crippen LogP contribution in [0.2, 0.25) is 0 Å². The molecule has 0 saturated heterocycles. The van der Waals surface area contributed by atoms with Gasteiger partial charge >= 0.3 is 17.9 Å². The molecule has 0 fully saturated rings. The molecule has 58 heavy (non-hydrogen) atoms. The zero-order valence-electron chi connectivity index (χ0n) is 39.1. The fraction of sp³-hybridized carbons (Fsp3) is 0.904. The second-order valence-corrected chi connectivity index (χ2v) is 17.4. The van der Waals surface area contributed by atoms with Crippen LogP contribution >= 0.6 is 0 Å². The first-order valence-electron chi connectivity index (χ1n) is 25.7. The van der Waals surface area contributed by atoms with Crippen molar-refractivity contribution in [2.24, 2.45) is 0 Å². The van der Waals surface area contributed by atoms with Crippen LogP contribution < -0.4 is 0 Å². The second kappa shape index (κ2) is 47.8. The van der Waals surface area contributed by atoms with Gasteiger partial charge in [0.2, 0.25) is 0 Å². The maximum Gasteiger partial charge on any atom is 0.306 e. The van der Waals surface area contributed by atoms with Crippen LogP contribution in [0.5, 0.6) is 0 Å². The number of rotatable bonds is 47. The Hall–Kier alpha value is -1.85. The van der Waals surface area contributed by atoms with Gasteiger partial charge in [-0.2, -0.15) is 0 Å². The predicted molar refractivity (Wildman–Crippen MR) is 247 cm³/mol. The number of esters is 3. The zero-order valence-corrected chi connectivity index (χ0v) is 39.1. The second-order valence-electron chi connectivity index (χ2n) is 17.4. The molecule has 0 aromatic rings. The quantitative estimate of drug-likeness (QED) is 0.0263. The van der Waals surface area contributed by atoms with Crippen molar-refractivity contribution >= 4 is 17.9 Å². The molecule has 6 heteroatoms. The van der Waals surface area contributed by atoms with E-state index < -0.39 is 6.10 Å². The highest BCUT2D eigenvalue weighted by molar-refractivity contribution is 5.71. The van der Waals surface area contributed by atoms with Crippen molar-refractivity contribution in [2.45, 2.75) is 290 Å². The molecule has 0 spiro atoms. The summed E-state index contributed by atoms with van der Waals surface area (Å²) in [5, 5.41) is 0. The molecule has 0 bridgehead atoms. The van der Waals surface area contributed by atoms with Gasteiger partial charge in [-0.3, -0.25) is 14.4 Å². The van der Waals surface area contributed by atoms with E-state index in [-0.39, 0.29) is 31.1 Å². The monoisotopic (exact) mass is 819 g/mol. The summed E-state index contributed by atoms with van der Waals surface area (Å²) in [6.45, 7) is 6.62. The Labute approximate surface area is 360 Å². The van der Waals surface area contributed by atoms with Gasteiger partial charge in [-0.25, -0.2) is 0 Å². The van der Waals surface area contributed by atoms with Gasteiger partial charge in [0.05, 0.1) is 0 Å². The molecule has 0 aliphatic rings. The van der Waals surface area contributed by atoms with Crippen LogP contribution in [0, 0.1) is 0 Å². The van der Waals surface area contributed by atoms with Crippen molar-refractivity contribution in [3.05, 3.63) is 12.2 Å². The Morgan fingerprint density at radius 1 is 0.328 bits per heavy atom. The van der Waals surface area contributed by atoms with E-state index in [9.17, 15) is 14.4 Å². The molecule has 0 aromatic carbocycles. The van der Waals surface area contributed by atoms with E-state index in [1.54, 1.807) is 0 Å². The minimum absolute atomic E-state index is 0.0683. The molecule has 0 aliphatic heterocycles. The molecule has 0 unspecified atom stereocenters. The highest BCUT2D eigenvalue weighted by Gasteiger charge is 2.19. The molecule has 1 atom stereocenters. The number of carbonyl (C=O) groups excluding carboxylic acids is 3. The maximum atomic E-state index is 12.7. The lowest BCUT2D eigenvalue weighted by atomic mass is 10.0. The summed E-state index contributed by atoms with van der Waals surface area (Å²) < 4.78 is 16.8. The molecule has 0 N–H and O–H groups in total. The van der Waals surface area contributed by atoms with Gasteiger partial charge in [0.15, 0.2) is 6.10 Å². The van der Waals surface area contributed by atoms with E-state index in [0.29, 0.717) is 19.3 Å². The minimum atomic E-state index is -0.766. The van der Waals surface area contributed by atoms with E-state index in [2.05, 4.69) is 32.9 Å². The van der Waals surface area contributed by atoms with Gasteiger partial charge < -0.3 is 14.2 Å². The van der Waals surface area contributed by atoms with Crippen LogP contribution in [0.1, 0.15) is 284 Å². The van der Waals surface area contributed by atoms with Crippen LogP contribution in [-0.2, 0) is 28.6 Å². The molecule has 0 radical (unpaired) electrons. The van der Waals surface area contributed by atoms with Crippen molar-refractivity contribution < 1.29 is 28.6 Å². The molecule has 0 amide bonds. The molecule has 0 rings (SSSR count). The van der Waals surface area contributed by atoms with E-state index in [1.165, 1.54) is 180 Å². The van der Waals surface area contributed by atoms with Gasteiger partial charge in [-0.15, -0.1) is 0 Å². The number of carbonyl (C=O) groups is 3. The first-order valence-corrected chi connectivity index (χ1v) is 25.7. The van der Waals surface area contributed by atoms with E-state index in [4.69, 9.17) is 14.2 Å².